The lowest BCUT2D eigenvalue weighted by Crippen LogP contribution is -2.63. The molecule has 0 saturated heterocycles. The summed E-state index contributed by atoms with van der Waals surface area (Å²) in [5.74, 6) is 3.55. The van der Waals surface area contributed by atoms with Gasteiger partial charge in [-0.05, 0) is 158 Å². The third kappa shape index (κ3) is 7.16. The van der Waals surface area contributed by atoms with Gasteiger partial charge in [0.15, 0.2) is 12.1 Å². The highest BCUT2D eigenvalue weighted by Crippen LogP contribution is 2.50. The summed E-state index contributed by atoms with van der Waals surface area (Å²) in [7, 11) is 0. The minimum Gasteiger partial charge on any atom is -0.491 e. The summed E-state index contributed by atoms with van der Waals surface area (Å²) in [4.78, 5) is 7.43. The topological polar surface area (TPSA) is 49.4 Å². The van der Waals surface area contributed by atoms with Crippen molar-refractivity contribution in [3.05, 3.63) is 203 Å². The first-order valence-corrected chi connectivity index (χ1v) is 26.7. The number of anilines is 6. The van der Waals surface area contributed by atoms with Crippen LogP contribution in [-0.4, -0.2) is 25.8 Å². The van der Waals surface area contributed by atoms with Crippen LogP contribution in [0.3, 0.4) is 0 Å². The molecule has 0 radical (unpaired) electrons. The van der Waals surface area contributed by atoms with E-state index in [4.69, 9.17) is 14.2 Å². The van der Waals surface area contributed by atoms with Crippen LogP contribution in [0.15, 0.2) is 198 Å². The Morgan fingerprint density at radius 1 is 0.653 bits per heavy atom. The van der Waals surface area contributed by atoms with Crippen LogP contribution in [-0.2, 0) is 5.41 Å². The maximum Gasteiger partial charge on any atom is 0.254 e. The summed E-state index contributed by atoms with van der Waals surface area (Å²) >= 11 is 0. The number of dihydropyridines is 1. The zero-order valence-electron chi connectivity index (χ0n) is 41.6. The van der Waals surface area contributed by atoms with Crippen molar-refractivity contribution in [3.63, 3.8) is 0 Å². The van der Waals surface area contributed by atoms with Crippen molar-refractivity contribution in [2.75, 3.05) is 14.7 Å². The molecule has 1 N–H and O–H groups in total. The van der Waals surface area contributed by atoms with Crippen LogP contribution in [0.4, 0.5) is 34.1 Å². The maximum absolute atomic E-state index is 7.38. The van der Waals surface area contributed by atoms with E-state index in [0.717, 1.165) is 97.0 Å². The van der Waals surface area contributed by atoms with E-state index < -0.39 is 6.23 Å². The Hall–Kier alpha value is -7.25. The molecule has 356 valence electrons. The molecule has 0 amide bonds. The predicted molar refractivity (Wildman–Crippen MR) is 297 cm³/mol. The van der Waals surface area contributed by atoms with Gasteiger partial charge in [0, 0.05) is 68.9 Å². The molecule has 0 bridgehead atoms. The van der Waals surface area contributed by atoms with Gasteiger partial charge in [-0.15, -0.1) is 0 Å². The van der Waals surface area contributed by atoms with Gasteiger partial charge in [-0.2, -0.15) is 0 Å². The minimum absolute atomic E-state index is 0.0173. The lowest BCUT2D eigenvalue weighted by molar-refractivity contribution is 0.178. The SMILES string of the molecule is CC(C)(C)c1cc2c3c(c1)N(C1=CCCC=C1)c1cc(N(C4=CCCC=C4)C4=CCCCC4)ccc1B3C1=CC3=C(NC1O2)Oc1cc(N(c2ccccc2)c2ccccc2)cc2c1B3C1C=CCCC1O2. The first kappa shape index (κ1) is 43.5. The number of hydrogen-bond acceptors (Lipinski definition) is 7. The van der Waals surface area contributed by atoms with Crippen molar-refractivity contribution in [2.45, 2.75) is 109 Å². The number of hydrogen-bond donors (Lipinski definition) is 1. The smallest absolute Gasteiger partial charge is 0.254 e. The molecular weight excluding hydrogens is 882 g/mol. The van der Waals surface area contributed by atoms with Gasteiger partial charge >= 0.3 is 0 Å². The molecule has 0 spiro atoms. The summed E-state index contributed by atoms with van der Waals surface area (Å²) in [6.45, 7) is 6.90. The van der Waals surface area contributed by atoms with E-state index in [9.17, 15) is 0 Å². The molecule has 14 rings (SSSR count). The van der Waals surface area contributed by atoms with Gasteiger partial charge in [-0.25, -0.2) is 0 Å². The van der Waals surface area contributed by atoms with Crippen molar-refractivity contribution in [3.8, 4) is 17.2 Å². The molecule has 3 unspecified atom stereocenters. The summed E-state index contributed by atoms with van der Waals surface area (Å²) in [6, 6.07) is 37.8. The second-order valence-electron chi connectivity index (χ2n) is 21.9. The highest BCUT2D eigenvalue weighted by atomic mass is 16.5. The van der Waals surface area contributed by atoms with E-state index in [0.29, 0.717) is 0 Å². The Balaban J connectivity index is 0.959. The molecule has 9 heteroatoms. The number of fused-ring (bicyclic) bond motifs is 7. The minimum atomic E-state index is -0.453. The van der Waals surface area contributed by atoms with Gasteiger partial charge < -0.3 is 34.2 Å². The fraction of sp³-hybridized carbons (Fsp3) is 0.270. The molecule has 7 nitrogen and oxygen atoms in total. The standard InChI is InChI=1S/C63H60B2N4O3/c1-63(2,3)41-35-54-59-56(36-41)71-61-51(64(59)49-34-33-47(37-53(49)69(54)46-29-17-8-18-30-46)67(42-21-9-4-10-22-42)43-23-11-5-12-24-43)40-52-62(66-61)72-58-39-48(38-57-60(58)65(52)50-31-19-20-32-55(50)70-57)68(44-25-13-6-14-26-44)45-27-15-7-16-28-45/h6-7,9,13-17,19,21-23,25-31,33-40,50,55,61,66H,4-5,8,10-12,18,20,24,32H2,1-3H3. The monoisotopic (exact) mass is 942 g/mol. The molecule has 5 aromatic rings. The molecule has 5 aliphatic heterocycles. The van der Waals surface area contributed by atoms with E-state index in [1.54, 1.807) is 0 Å². The Morgan fingerprint density at radius 2 is 1.43 bits per heavy atom. The van der Waals surface area contributed by atoms with Crippen LogP contribution in [0.2, 0.25) is 5.82 Å². The van der Waals surface area contributed by atoms with E-state index >= 15 is 0 Å². The lowest BCUT2D eigenvalue weighted by Gasteiger charge is -2.47. The zero-order valence-corrected chi connectivity index (χ0v) is 41.6. The second kappa shape index (κ2) is 17.2. The van der Waals surface area contributed by atoms with Crippen molar-refractivity contribution < 1.29 is 14.2 Å². The first-order valence-electron chi connectivity index (χ1n) is 26.7. The molecule has 5 heterocycles. The highest BCUT2D eigenvalue weighted by molar-refractivity contribution is 6.95. The second-order valence-corrected chi connectivity index (χ2v) is 21.9. The third-order valence-corrected chi connectivity index (χ3v) is 16.4. The fourth-order valence-corrected chi connectivity index (χ4v) is 13.0. The maximum atomic E-state index is 7.38. The molecule has 0 fully saturated rings. The fourth-order valence-electron chi connectivity index (χ4n) is 13.0. The number of rotatable bonds is 7. The zero-order chi connectivity index (χ0) is 48.1. The third-order valence-electron chi connectivity index (χ3n) is 16.4. The number of nitrogens with zero attached hydrogens (tertiary/aromatic N) is 3. The van der Waals surface area contributed by atoms with Crippen molar-refractivity contribution in [2.24, 2.45) is 0 Å². The van der Waals surface area contributed by atoms with E-state index in [1.807, 2.05) is 0 Å². The van der Waals surface area contributed by atoms with Crippen molar-refractivity contribution >= 4 is 63.9 Å². The van der Waals surface area contributed by atoms with Gasteiger partial charge in [0.2, 0.25) is 6.71 Å². The van der Waals surface area contributed by atoms with Crippen LogP contribution in [0.25, 0.3) is 0 Å². The normalized spacial score (nSPS) is 21.9. The number of para-hydroxylation sites is 2. The number of allylic oxidation sites excluding steroid dienone is 11. The molecule has 4 aliphatic carbocycles. The van der Waals surface area contributed by atoms with E-state index in [-0.39, 0.29) is 30.8 Å². The lowest BCUT2D eigenvalue weighted by atomic mass is 9.28. The summed E-state index contributed by atoms with van der Waals surface area (Å²) in [5.41, 5.74) is 17.8. The van der Waals surface area contributed by atoms with Crippen LogP contribution in [0, 0.1) is 0 Å². The van der Waals surface area contributed by atoms with Gasteiger partial charge in [0.25, 0.3) is 6.71 Å². The van der Waals surface area contributed by atoms with Crippen LogP contribution in [0.1, 0.15) is 90.5 Å². The van der Waals surface area contributed by atoms with Gasteiger partial charge in [0.05, 0.1) is 11.8 Å². The Kier molecular flexibility index (Phi) is 10.4. The average molecular weight is 943 g/mol. The molecule has 3 atom stereocenters. The summed E-state index contributed by atoms with van der Waals surface area (Å²) < 4.78 is 21.8. The van der Waals surface area contributed by atoms with Crippen LogP contribution < -0.4 is 50.6 Å². The number of ether oxygens (including phenoxy) is 3. The van der Waals surface area contributed by atoms with Gasteiger partial charge in [0.1, 0.15) is 17.2 Å². The Morgan fingerprint density at radius 3 is 2.17 bits per heavy atom. The molecule has 9 aliphatic rings. The van der Waals surface area contributed by atoms with Gasteiger partial charge in [-0.3, -0.25) is 0 Å². The van der Waals surface area contributed by atoms with Crippen LogP contribution >= 0.6 is 0 Å². The van der Waals surface area contributed by atoms with Crippen LogP contribution in [0.5, 0.6) is 17.2 Å². The molecule has 72 heavy (non-hydrogen) atoms. The average Bonchev–Trinajstić information content (AvgIpc) is 3.41. The Labute approximate surface area is 425 Å². The molecule has 0 aromatic heterocycles. The molecule has 5 aromatic carbocycles. The first-order chi connectivity index (χ1) is 35.3. The highest BCUT2D eigenvalue weighted by Gasteiger charge is 2.53. The quantitative estimate of drug-likeness (QED) is 0.129. The summed E-state index contributed by atoms with van der Waals surface area (Å²) in [5, 5.41) is 3.96. The van der Waals surface area contributed by atoms with Crippen molar-refractivity contribution in [1.82, 2.24) is 5.32 Å². The number of benzene rings is 5. The van der Waals surface area contributed by atoms with Gasteiger partial charge in [-0.1, -0.05) is 112 Å². The Bertz CT molecular complexity index is 3260. The van der Waals surface area contributed by atoms with E-state index in [1.165, 1.54) is 74.4 Å². The largest absolute Gasteiger partial charge is 0.491 e. The predicted octanol–water partition coefficient (Wildman–Crippen LogP) is 13.1. The van der Waals surface area contributed by atoms with E-state index in [2.05, 4.69) is 205 Å². The molecule has 0 saturated carbocycles. The van der Waals surface area contributed by atoms with Crippen molar-refractivity contribution in [1.29, 1.82) is 0 Å². The summed E-state index contributed by atoms with van der Waals surface area (Å²) in [6.07, 6.45) is 34.4. The number of nitrogens with one attached hydrogen (secondary N) is 1. The molecular formula is C63H60B2N4O3.